The van der Waals surface area contributed by atoms with Crippen molar-refractivity contribution in [3.05, 3.63) is 54.4 Å². The van der Waals surface area contributed by atoms with Gasteiger partial charge < -0.3 is 9.47 Å². The van der Waals surface area contributed by atoms with Gasteiger partial charge in [-0.05, 0) is 29.8 Å². The zero-order valence-electron chi connectivity index (χ0n) is 12.4. The van der Waals surface area contributed by atoms with Crippen LogP contribution in [0.25, 0.3) is 10.9 Å². The zero-order chi connectivity index (χ0) is 16.2. The second-order valence-corrected chi connectivity index (χ2v) is 5.88. The highest BCUT2D eigenvalue weighted by atomic mass is 32.2. The SMILES string of the molecule is COc1nccc2c(OCc3cccc([SH](=N)=O)c3)ccnc12. The summed E-state index contributed by atoms with van der Waals surface area (Å²) in [5.74, 6) is 1.11. The third-order valence-electron chi connectivity index (χ3n) is 3.32. The molecule has 118 valence electrons. The molecule has 0 amide bonds. The molecule has 6 nitrogen and oxygen atoms in total. The molecule has 0 aliphatic rings. The van der Waals surface area contributed by atoms with E-state index in [4.69, 9.17) is 14.3 Å². The maximum Gasteiger partial charge on any atom is 0.240 e. The predicted octanol–water partition coefficient (Wildman–Crippen LogP) is 2.82. The van der Waals surface area contributed by atoms with E-state index in [2.05, 4.69) is 9.97 Å². The van der Waals surface area contributed by atoms with Crippen molar-refractivity contribution < 1.29 is 13.7 Å². The van der Waals surface area contributed by atoms with E-state index in [1.807, 2.05) is 12.1 Å². The molecule has 1 N–H and O–H groups in total. The Balaban J connectivity index is 1.89. The monoisotopic (exact) mass is 329 g/mol. The van der Waals surface area contributed by atoms with Gasteiger partial charge in [-0.25, -0.2) is 9.19 Å². The second kappa shape index (κ2) is 6.62. The van der Waals surface area contributed by atoms with Crippen LogP contribution in [-0.4, -0.2) is 21.3 Å². The van der Waals surface area contributed by atoms with Crippen LogP contribution in [-0.2, 0) is 17.2 Å². The summed E-state index contributed by atoms with van der Waals surface area (Å²) >= 11 is 0. The van der Waals surface area contributed by atoms with Crippen molar-refractivity contribution in [1.29, 1.82) is 4.78 Å². The van der Waals surface area contributed by atoms with Crippen LogP contribution >= 0.6 is 0 Å². The van der Waals surface area contributed by atoms with E-state index in [0.717, 1.165) is 10.9 Å². The minimum absolute atomic E-state index is 0.306. The second-order valence-electron chi connectivity index (χ2n) is 4.78. The summed E-state index contributed by atoms with van der Waals surface area (Å²) in [5, 5.41) is 0.807. The molecule has 0 bridgehead atoms. The fourth-order valence-electron chi connectivity index (χ4n) is 2.24. The lowest BCUT2D eigenvalue weighted by Gasteiger charge is -2.10. The topological polar surface area (TPSA) is 85.2 Å². The van der Waals surface area contributed by atoms with E-state index < -0.39 is 10.6 Å². The average molecular weight is 329 g/mol. The van der Waals surface area contributed by atoms with Crippen LogP contribution in [0.2, 0.25) is 0 Å². The normalized spacial score (nSPS) is 12.0. The standard InChI is InChI=1S/C16H15N3O3S/c1-21-16-15-13(5-7-19-16)14(6-8-18-15)22-10-11-3-2-4-12(9-11)23(17)20/h2-9,17,23H,10H2,1H3. The Kier molecular flexibility index (Phi) is 4.38. The Morgan fingerprint density at radius 3 is 2.78 bits per heavy atom. The molecule has 0 radical (unpaired) electrons. The van der Waals surface area contributed by atoms with E-state index in [1.54, 1.807) is 43.8 Å². The molecular formula is C16H15N3O3S. The summed E-state index contributed by atoms with van der Waals surface area (Å²) in [5.41, 5.74) is 1.49. The fraction of sp³-hybridized carbons (Fsp3) is 0.125. The summed E-state index contributed by atoms with van der Waals surface area (Å²) in [6, 6.07) is 10.6. The lowest BCUT2D eigenvalue weighted by molar-refractivity contribution is 0.309. The van der Waals surface area contributed by atoms with Gasteiger partial charge in [0.05, 0.1) is 17.7 Å². The Bertz CT molecular complexity index is 917. The van der Waals surface area contributed by atoms with Gasteiger partial charge in [-0.15, -0.1) is 0 Å². The molecule has 1 atom stereocenters. The highest BCUT2D eigenvalue weighted by Gasteiger charge is 2.09. The van der Waals surface area contributed by atoms with Crippen molar-refractivity contribution in [3.63, 3.8) is 0 Å². The number of benzene rings is 1. The first-order valence-electron chi connectivity index (χ1n) is 6.87. The Morgan fingerprint density at radius 2 is 2.00 bits per heavy atom. The van der Waals surface area contributed by atoms with E-state index in [1.165, 1.54) is 0 Å². The van der Waals surface area contributed by atoms with Crippen molar-refractivity contribution in [2.24, 2.45) is 0 Å². The van der Waals surface area contributed by atoms with Crippen LogP contribution in [0.15, 0.2) is 53.7 Å². The van der Waals surface area contributed by atoms with Gasteiger partial charge in [0, 0.05) is 22.7 Å². The maximum atomic E-state index is 11.3. The Labute approximate surface area is 135 Å². The number of ether oxygens (including phenoxy) is 2. The Morgan fingerprint density at radius 1 is 1.17 bits per heavy atom. The molecule has 2 aromatic heterocycles. The van der Waals surface area contributed by atoms with Crippen LogP contribution < -0.4 is 9.47 Å². The van der Waals surface area contributed by atoms with Crippen molar-refractivity contribution in [2.75, 3.05) is 7.11 Å². The largest absolute Gasteiger partial charge is 0.488 e. The first-order valence-corrected chi connectivity index (χ1v) is 8.13. The maximum absolute atomic E-state index is 11.3. The van der Waals surface area contributed by atoms with E-state index in [9.17, 15) is 4.21 Å². The number of methoxy groups -OCH3 is 1. The molecule has 0 spiro atoms. The Hall–Kier alpha value is -2.67. The van der Waals surface area contributed by atoms with E-state index in [0.29, 0.717) is 28.6 Å². The van der Waals surface area contributed by atoms with Crippen LogP contribution in [0.3, 0.4) is 0 Å². The highest BCUT2D eigenvalue weighted by Crippen LogP contribution is 2.28. The molecule has 0 aliphatic heterocycles. The molecule has 0 saturated carbocycles. The number of rotatable bonds is 5. The fourth-order valence-corrected chi connectivity index (χ4v) is 2.74. The number of fused-ring (bicyclic) bond motifs is 1. The van der Waals surface area contributed by atoms with Gasteiger partial charge in [-0.3, -0.25) is 9.76 Å². The lowest BCUT2D eigenvalue weighted by Crippen LogP contribution is -1.98. The number of hydrogen-bond donors (Lipinski definition) is 2. The van der Waals surface area contributed by atoms with Crippen LogP contribution in [0.5, 0.6) is 11.6 Å². The van der Waals surface area contributed by atoms with Crippen molar-refractivity contribution in [1.82, 2.24) is 9.97 Å². The molecule has 23 heavy (non-hydrogen) atoms. The molecule has 3 aromatic rings. The van der Waals surface area contributed by atoms with Crippen molar-refractivity contribution in [3.8, 4) is 11.6 Å². The molecule has 0 fully saturated rings. The minimum atomic E-state index is -2.10. The van der Waals surface area contributed by atoms with E-state index in [-0.39, 0.29) is 0 Å². The van der Waals surface area contributed by atoms with Gasteiger partial charge in [0.15, 0.2) is 0 Å². The predicted molar refractivity (Wildman–Crippen MR) is 87.4 cm³/mol. The van der Waals surface area contributed by atoms with Gasteiger partial charge in [-0.2, -0.15) is 0 Å². The number of hydrogen-bond acceptors (Lipinski definition) is 6. The van der Waals surface area contributed by atoms with Gasteiger partial charge in [-0.1, -0.05) is 12.1 Å². The average Bonchev–Trinajstić information content (AvgIpc) is 2.59. The summed E-state index contributed by atoms with van der Waals surface area (Å²) in [6.45, 7) is 0.306. The molecule has 3 rings (SSSR count). The summed E-state index contributed by atoms with van der Waals surface area (Å²) in [7, 11) is -0.556. The minimum Gasteiger partial charge on any atom is -0.488 e. The molecule has 1 unspecified atom stereocenters. The molecule has 1 aromatic carbocycles. The number of nitrogens with one attached hydrogen (secondary N) is 1. The van der Waals surface area contributed by atoms with Gasteiger partial charge in [0.2, 0.25) is 5.88 Å². The first kappa shape index (κ1) is 15.2. The number of thiol groups is 1. The van der Waals surface area contributed by atoms with Gasteiger partial charge in [0.25, 0.3) is 0 Å². The smallest absolute Gasteiger partial charge is 0.240 e. The lowest BCUT2D eigenvalue weighted by atomic mass is 10.2. The number of pyridine rings is 2. The molecule has 7 heteroatoms. The van der Waals surface area contributed by atoms with Crippen molar-refractivity contribution in [2.45, 2.75) is 11.5 Å². The van der Waals surface area contributed by atoms with Crippen molar-refractivity contribution >= 4 is 21.5 Å². The molecular weight excluding hydrogens is 314 g/mol. The zero-order valence-corrected chi connectivity index (χ0v) is 13.3. The van der Waals surface area contributed by atoms with Gasteiger partial charge in [0.1, 0.15) is 17.9 Å². The summed E-state index contributed by atoms with van der Waals surface area (Å²) in [4.78, 5) is 8.89. The number of aromatic nitrogens is 2. The summed E-state index contributed by atoms with van der Waals surface area (Å²) in [6.07, 6.45) is 3.28. The highest BCUT2D eigenvalue weighted by molar-refractivity contribution is 7.73. The van der Waals surface area contributed by atoms with Crippen LogP contribution in [0, 0.1) is 4.78 Å². The van der Waals surface area contributed by atoms with Crippen LogP contribution in [0.4, 0.5) is 0 Å². The quantitative estimate of drug-likeness (QED) is 0.703. The third kappa shape index (κ3) is 3.24. The molecule has 2 heterocycles. The molecule has 0 saturated heterocycles. The van der Waals surface area contributed by atoms with E-state index >= 15 is 0 Å². The van der Waals surface area contributed by atoms with Gasteiger partial charge >= 0.3 is 0 Å². The first-order chi connectivity index (χ1) is 11.2. The molecule has 0 aliphatic carbocycles. The third-order valence-corrected chi connectivity index (χ3v) is 4.07. The van der Waals surface area contributed by atoms with Crippen LogP contribution in [0.1, 0.15) is 5.56 Å². The summed E-state index contributed by atoms with van der Waals surface area (Å²) < 4.78 is 29.6. The number of nitrogens with zero attached hydrogens (tertiary/aromatic N) is 2.